The Morgan fingerprint density at radius 2 is 1.93 bits per heavy atom. The van der Waals surface area contributed by atoms with Crippen LogP contribution in [-0.4, -0.2) is 106 Å². The number of aliphatic carboxylic acids is 3. The molecule has 1 aromatic carbocycles. The number of oxime groups is 1. The second-order valence-corrected chi connectivity index (χ2v) is 14.8. The van der Waals surface area contributed by atoms with Crippen molar-refractivity contribution in [2.24, 2.45) is 12.2 Å². The number of fused-ring (bicyclic) bond motifs is 2. The van der Waals surface area contributed by atoms with Gasteiger partial charge >= 0.3 is 11.9 Å². The molecule has 2 aliphatic rings. The van der Waals surface area contributed by atoms with Crippen LogP contribution in [0.15, 0.2) is 51.0 Å². The number of nitrogens with two attached hydrogens (primary N) is 1. The average Bonchev–Trinajstić information content (AvgIpc) is 3.56. The number of thiazole rings is 1. The van der Waals surface area contributed by atoms with E-state index < -0.39 is 71.2 Å². The number of benzene rings is 1. The first-order valence-electron chi connectivity index (χ1n) is 16.9. The molecule has 1 fully saturated rings. The van der Waals surface area contributed by atoms with Gasteiger partial charge < -0.3 is 40.4 Å². The highest BCUT2D eigenvalue weighted by Gasteiger charge is 2.52. The summed E-state index contributed by atoms with van der Waals surface area (Å²) in [6, 6.07) is 4.14. The summed E-state index contributed by atoms with van der Waals surface area (Å²) < 4.78 is 2.52. The topological polar surface area (TPSA) is 287 Å². The number of carbonyl (C=O) groups is 5. The number of hydrogen-bond acceptors (Lipinski definition) is 16. The van der Waals surface area contributed by atoms with Gasteiger partial charge in [-0.1, -0.05) is 17.6 Å². The molecule has 2 aromatic heterocycles. The Balaban J connectivity index is 1.11. The summed E-state index contributed by atoms with van der Waals surface area (Å²) in [6.07, 6.45) is 1.45. The molecule has 0 bridgehead atoms. The SMILES string of the molecule is Cn1cc(O)c(=O)c2cc(C[N+](=O)CCCCCCC3=C(C(=O)[O-])N4C(=O)C(NCC(=O)/C(=N/O[C@H](CC(=O)O)C(=O)O)c5csc(N)n5)[C@H]4SC3)ccc21. The molecule has 0 saturated carbocycles. The Bertz CT molecular complexity index is 2160. The van der Waals surface area contributed by atoms with Crippen LogP contribution in [0.5, 0.6) is 5.75 Å². The highest BCUT2D eigenvalue weighted by atomic mass is 32.2. The van der Waals surface area contributed by atoms with Crippen LogP contribution in [0.2, 0.25) is 0 Å². The number of nitrogen functional groups attached to an aromatic ring is 1. The largest absolute Gasteiger partial charge is 0.543 e. The number of aromatic nitrogens is 2. The van der Waals surface area contributed by atoms with Gasteiger partial charge in [-0.2, -0.15) is 0 Å². The number of pyridine rings is 1. The first kappa shape index (κ1) is 40.5. The molecule has 2 aliphatic heterocycles. The molecule has 3 aromatic rings. The fraction of sp³-hybridized carbons (Fsp3) is 0.412. The number of ketones is 1. The number of unbranched alkanes of at least 4 members (excludes halogenated alkanes) is 3. The van der Waals surface area contributed by atoms with E-state index in [1.54, 1.807) is 29.8 Å². The Morgan fingerprint density at radius 3 is 2.60 bits per heavy atom. The maximum absolute atomic E-state index is 13.2. The number of carboxylic acid groups (broad SMARTS) is 3. The quantitative estimate of drug-likeness (QED) is 0.0338. The van der Waals surface area contributed by atoms with E-state index in [0.717, 1.165) is 21.0 Å². The van der Waals surface area contributed by atoms with Crippen LogP contribution in [0.1, 0.15) is 49.8 Å². The lowest BCUT2D eigenvalue weighted by atomic mass is 9.99. The smallest absolute Gasteiger partial charge is 0.348 e. The molecule has 55 heavy (non-hydrogen) atoms. The number of nitrogens with one attached hydrogen (secondary N) is 1. The zero-order chi connectivity index (χ0) is 40.0. The molecule has 5 rings (SSSR count). The minimum absolute atomic E-state index is 0.0580. The lowest BCUT2D eigenvalue weighted by molar-refractivity contribution is -0.565. The number of carboxylic acids is 3. The summed E-state index contributed by atoms with van der Waals surface area (Å²) in [5.74, 6) is -6.06. The number of β-lactam (4-membered cyclic amide) rings is 1. The minimum Gasteiger partial charge on any atom is -0.543 e. The van der Waals surface area contributed by atoms with Crippen LogP contribution in [0.25, 0.3) is 10.9 Å². The summed E-state index contributed by atoms with van der Waals surface area (Å²) in [7, 11) is 1.71. The Labute approximate surface area is 320 Å². The van der Waals surface area contributed by atoms with Crippen LogP contribution in [0.4, 0.5) is 5.13 Å². The Morgan fingerprint density at radius 1 is 1.18 bits per heavy atom. The van der Waals surface area contributed by atoms with Gasteiger partial charge in [0.25, 0.3) is 0 Å². The first-order valence-corrected chi connectivity index (χ1v) is 18.9. The van der Waals surface area contributed by atoms with Crippen molar-refractivity contribution in [1.82, 2.24) is 19.8 Å². The second kappa shape index (κ2) is 17.6. The fourth-order valence-electron chi connectivity index (χ4n) is 6.17. The predicted octanol–water partition coefficient (Wildman–Crippen LogP) is 0.307. The summed E-state index contributed by atoms with van der Waals surface area (Å²) in [5, 5.41) is 47.7. The monoisotopic (exact) mass is 799 g/mol. The van der Waals surface area contributed by atoms with Crippen molar-refractivity contribution in [3.63, 3.8) is 0 Å². The molecule has 0 radical (unpaired) electrons. The molecule has 0 aliphatic carbocycles. The Hall–Kier alpha value is -5.67. The van der Waals surface area contributed by atoms with E-state index >= 15 is 0 Å². The van der Waals surface area contributed by atoms with Gasteiger partial charge in [0, 0.05) is 39.8 Å². The van der Waals surface area contributed by atoms with E-state index in [1.807, 2.05) is 0 Å². The van der Waals surface area contributed by atoms with Gasteiger partial charge in [-0.15, -0.1) is 23.1 Å². The van der Waals surface area contributed by atoms with Gasteiger partial charge in [-0.3, -0.25) is 29.4 Å². The van der Waals surface area contributed by atoms with Crippen LogP contribution >= 0.6 is 23.1 Å². The number of carbonyl (C=O) groups excluding carboxylic acids is 3. The summed E-state index contributed by atoms with van der Waals surface area (Å²) in [5.41, 5.74) is 6.23. The average molecular weight is 800 g/mol. The van der Waals surface area contributed by atoms with E-state index in [4.69, 9.17) is 15.7 Å². The number of rotatable bonds is 20. The van der Waals surface area contributed by atoms with Crippen molar-refractivity contribution in [1.29, 1.82) is 0 Å². The van der Waals surface area contributed by atoms with E-state index in [1.165, 1.54) is 23.3 Å². The van der Waals surface area contributed by atoms with E-state index in [-0.39, 0.29) is 35.4 Å². The molecule has 1 unspecified atom stereocenters. The number of thioether (sulfide) groups is 1. The van der Waals surface area contributed by atoms with Gasteiger partial charge in [-0.25, -0.2) is 9.78 Å². The number of anilines is 1. The highest BCUT2D eigenvalue weighted by Crippen LogP contribution is 2.41. The lowest BCUT2D eigenvalue weighted by Crippen LogP contribution is -2.70. The van der Waals surface area contributed by atoms with E-state index in [9.17, 15) is 49.0 Å². The zero-order valence-electron chi connectivity index (χ0n) is 29.3. The number of aryl methyl sites for hydroxylation is 1. The van der Waals surface area contributed by atoms with Crippen molar-refractivity contribution in [2.75, 3.05) is 24.6 Å². The third-order valence-electron chi connectivity index (χ3n) is 8.89. The molecule has 19 nitrogen and oxygen atoms in total. The number of aromatic hydroxyl groups is 1. The maximum atomic E-state index is 13.2. The number of nitrogens with zero attached hydrogens (tertiary/aromatic N) is 5. The molecular formula is C34H37N7O12S2. The fourth-order valence-corrected chi connectivity index (χ4v) is 8.13. The van der Waals surface area contributed by atoms with Gasteiger partial charge in [0.2, 0.25) is 29.8 Å². The summed E-state index contributed by atoms with van der Waals surface area (Å²) in [4.78, 5) is 95.9. The van der Waals surface area contributed by atoms with Crippen molar-refractivity contribution in [3.05, 3.63) is 67.4 Å². The van der Waals surface area contributed by atoms with Crippen LogP contribution in [0, 0.1) is 4.91 Å². The van der Waals surface area contributed by atoms with E-state index in [0.29, 0.717) is 59.9 Å². The number of Topliss-reactive ketones (excluding diaryl/α,β-unsaturated/α-hetero) is 1. The third kappa shape index (κ3) is 9.53. The van der Waals surface area contributed by atoms with Gasteiger partial charge in [0.05, 0.1) is 41.7 Å². The van der Waals surface area contributed by atoms with Crippen LogP contribution in [0.3, 0.4) is 0 Å². The number of amides is 1. The van der Waals surface area contributed by atoms with Crippen LogP contribution < -0.4 is 21.6 Å². The molecule has 21 heteroatoms. The molecule has 3 atom stereocenters. The summed E-state index contributed by atoms with van der Waals surface area (Å²) >= 11 is 2.27. The number of hydrogen-bond donors (Lipinski definition) is 5. The van der Waals surface area contributed by atoms with Gasteiger partial charge in [-0.05, 0) is 37.0 Å². The molecule has 6 N–H and O–H groups in total. The molecule has 1 saturated heterocycles. The van der Waals surface area contributed by atoms with Crippen LogP contribution in [-0.2, 0) is 42.4 Å². The van der Waals surface area contributed by atoms with Crippen molar-refractivity contribution in [2.45, 2.75) is 62.6 Å². The predicted molar refractivity (Wildman–Crippen MR) is 196 cm³/mol. The minimum atomic E-state index is -1.90. The third-order valence-corrected chi connectivity index (χ3v) is 10.9. The Kier molecular flexibility index (Phi) is 13.0. The van der Waals surface area contributed by atoms with Crippen molar-refractivity contribution >= 4 is 74.4 Å². The van der Waals surface area contributed by atoms with Crippen molar-refractivity contribution < 1.29 is 54.0 Å². The van der Waals surface area contributed by atoms with E-state index in [2.05, 4.69) is 15.5 Å². The van der Waals surface area contributed by atoms with Gasteiger partial charge in [0.1, 0.15) is 17.1 Å². The van der Waals surface area contributed by atoms with Crippen molar-refractivity contribution in [3.8, 4) is 5.75 Å². The molecule has 1 amide bonds. The standard InChI is InChI=1S/C34H37N7O12S2/c1-39-14-23(43)29(46)19-10-17(7-8-21(19)39)13-40(52)9-5-3-2-4-6-18-15-54-31-27(30(47)41(31)28(18)33(50)51)36-12-22(42)26(20-16-55-34(35)37-20)38-53-24(32(48)49)11-25(44)45/h7-8,10,14,16,24,27,31,36H,2-6,9,11-13,15H2,1H3,(H5-,35,37,43,44,45,48,49,50,51)/b38-26+/t24-,27?,31-/m1/s1. The number of nitroso groups, excluding NO2 is 1. The zero-order valence-corrected chi connectivity index (χ0v) is 31.0. The molecule has 0 spiro atoms. The molecule has 292 valence electrons. The lowest BCUT2D eigenvalue weighted by Gasteiger charge is -2.51. The normalized spacial score (nSPS) is 17.4. The molecule has 4 heterocycles. The molecular weight excluding hydrogens is 763 g/mol. The second-order valence-electron chi connectivity index (χ2n) is 12.8. The first-order chi connectivity index (χ1) is 26.2. The summed E-state index contributed by atoms with van der Waals surface area (Å²) in [6.45, 7) is -0.206. The maximum Gasteiger partial charge on any atom is 0.348 e. The van der Waals surface area contributed by atoms with Gasteiger partial charge in [0.15, 0.2) is 23.1 Å². The highest BCUT2D eigenvalue weighted by molar-refractivity contribution is 8.00.